The Morgan fingerprint density at radius 1 is 1.24 bits per heavy atom. The summed E-state index contributed by atoms with van der Waals surface area (Å²) in [6.07, 6.45) is 1.74. The highest BCUT2D eigenvalue weighted by Crippen LogP contribution is 2.27. The zero-order chi connectivity index (χ0) is 12.3. The summed E-state index contributed by atoms with van der Waals surface area (Å²) in [5.74, 6) is -0.0761. The summed E-state index contributed by atoms with van der Waals surface area (Å²) in [6.45, 7) is 3.50. The van der Waals surface area contributed by atoms with Crippen LogP contribution in [0.4, 0.5) is 5.69 Å². The molecule has 0 saturated heterocycles. The second kappa shape index (κ2) is 4.78. The molecule has 17 heavy (non-hydrogen) atoms. The molecule has 86 valence electrons. The summed E-state index contributed by atoms with van der Waals surface area (Å²) >= 11 is 0. The Hall–Kier alpha value is -2.16. The number of pyridine rings is 1. The first-order chi connectivity index (χ1) is 8.16. The fourth-order valence-corrected chi connectivity index (χ4v) is 1.70. The minimum Gasteiger partial charge on any atom is -0.326 e. The van der Waals surface area contributed by atoms with Crippen molar-refractivity contribution >= 4 is 11.6 Å². The lowest BCUT2D eigenvalue weighted by molar-refractivity contribution is -0.114. The third-order valence-corrected chi connectivity index (χ3v) is 2.43. The number of benzene rings is 1. The van der Waals surface area contributed by atoms with Crippen molar-refractivity contribution in [2.24, 2.45) is 0 Å². The second-order valence-corrected chi connectivity index (χ2v) is 3.95. The normalized spacial score (nSPS) is 10.0. The van der Waals surface area contributed by atoms with E-state index in [9.17, 15) is 4.79 Å². The third-order valence-electron chi connectivity index (χ3n) is 2.43. The fraction of sp³-hybridized carbons (Fsp3) is 0.143. The van der Waals surface area contributed by atoms with Crippen LogP contribution in [0.15, 0.2) is 42.6 Å². The van der Waals surface area contributed by atoms with Gasteiger partial charge in [-0.15, -0.1) is 0 Å². The van der Waals surface area contributed by atoms with E-state index in [1.807, 2.05) is 43.3 Å². The molecule has 1 N–H and O–H groups in total. The first kappa shape index (κ1) is 11.3. The molecule has 1 aromatic heterocycles. The van der Waals surface area contributed by atoms with Gasteiger partial charge in [-0.3, -0.25) is 9.78 Å². The summed E-state index contributed by atoms with van der Waals surface area (Å²) in [5.41, 5.74) is 3.70. The Labute approximate surface area is 101 Å². The van der Waals surface area contributed by atoms with Gasteiger partial charge in [-0.2, -0.15) is 0 Å². The molecule has 2 aromatic rings. The van der Waals surface area contributed by atoms with E-state index in [1.165, 1.54) is 6.92 Å². The Kier molecular flexibility index (Phi) is 3.19. The van der Waals surface area contributed by atoms with Crippen molar-refractivity contribution in [3.63, 3.8) is 0 Å². The van der Waals surface area contributed by atoms with E-state index in [4.69, 9.17) is 0 Å². The number of carbonyl (C=O) groups is 1. The predicted molar refractivity (Wildman–Crippen MR) is 68.7 cm³/mol. The molecule has 0 aliphatic carbocycles. The van der Waals surface area contributed by atoms with Crippen molar-refractivity contribution in [3.05, 3.63) is 48.2 Å². The monoisotopic (exact) mass is 226 g/mol. The lowest BCUT2D eigenvalue weighted by Crippen LogP contribution is -2.07. The van der Waals surface area contributed by atoms with Gasteiger partial charge in [0.05, 0.1) is 11.4 Å². The van der Waals surface area contributed by atoms with Gasteiger partial charge in [0, 0.05) is 18.7 Å². The van der Waals surface area contributed by atoms with E-state index in [2.05, 4.69) is 10.3 Å². The molecule has 0 aliphatic rings. The summed E-state index contributed by atoms with van der Waals surface area (Å²) in [5, 5.41) is 2.83. The number of aromatic nitrogens is 1. The minimum absolute atomic E-state index is 0.0761. The number of carbonyl (C=O) groups excluding carboxylic acids is 1. The van der Waals surface area contributed by atoms with Gasteiger partial charge in [-0.25, -0.2) is 0 Å². The van der Waals surface area contributed by atoms with E-state index in [0.29, 0.717) is 0 Å². The Morgan fingerprint density at radius 2 is 2.06 bits per heavy atom. The maximum absolute atomic E-state index is 11.2. The van der Waals surface area contributed by atoms with Crippen molar-refractivity contribution in [1.29, 1.82) is 0 Å². The number of hydrogen-bond donors (Lipinski definition) is 1. The molecular formula is C14H14N2O. The van der Waals surface area contributed by atoms with Crippen molar-refractivity contribution in [2.45, 2.75) is 13.8 Å². The summed E-state index contributed by atoms with van der Waals surface area (Å²) < 4.78 is 0. The largest absolute Gasteiger partial charge is 0.326 e. The third kappa shape index (κ3) is 2.69. The molecule has 2 rings (SSSR count). The fourth-order valence-electron chi connectivity index (χ4n) is 1.70. The number of anilines is 1. The van der Waals surface area contributed by atoms with Crippen LogP contribution in [0.3, 0.4) is 0 Å². The molecule has 3 heteroatoms. The maximum atomic E-state index is 11.2. The zero-order valence-corrected chi connectivity index (χ0v) is 9.90. The quantitative estimate of drug-likeness (QED) is 0.855. The van der Waals surface area contributed by atoms with Crippen LogP contribution >= 0.6 is 0 Å². The number of hydrogen-bond acceptors (Lipinski definition) is 2. The predicted octanol–water partition coefficient (Wildman–Crippen LogP) is 3.02. The average molecular weight is 226 g/mol. The van der Waals surface area contributed by atoms with Gasteiger partial charge >= 0.3 is 0 Å². The van der Waals surface area contributed by atoms with E-state index >= 15 is 0 Å². The highest BCUT2D eigenvalue weighted by Gasteiger charge is 2.07. The van der Waals surface area contributed by atoms with Crippen molar-refractivity contribution in [1.82, 2.24) is 4.98 Å². The molecule has 0 radical (unpaired) electrons. The van der Waals surface area contributed by atoms with Crippen LogP contribution in [-0.2, 0) is 4.79 Å². The van der Waals surface area contributed by atoms with Crippen LogP contribution in [-0.4, -0.2) is 10.9 Å². The number of aryl methyl sites for hydroxylation is 1. The minimum atomic E-state index is -0.0761. The molecule has 0 bridgehead atoms. The van der Waals surface area contributed by atoms with Gasteiger partial charge in [-0.1, -0.05) is 18.2 Å². The average Bonchev–Trinajstić information content (AvgIpc) is 2.29. The van der Waals surface area contributed by atoms with E-state index in [0.717, 1.165) is 22.5 Å². The van der Waals surface area contributed by atoms with Crippen LogP contribution < -0.4 is 5.32 Å². The molecule has 1 aromatic carbocycles. The van der Waals surface area contributed by atoms with Crippen LogP contribution in [0.2, 0.25) is 0 Å². The summed E-state index contributed by atoms with van der Waals surface area (Å²) in [6, 6.07) is 11.7. The Morgan fingerprint density at radius 3 is 2.71 bits per heavy atom. The van der Waals surface area contributed by atoms with Gasteiger partial charge < -0.3 is 5.32 Å². The van der Waals surface area contributed by atoms with Crippen LogP contribution in [0.1, 0.15) is 12.5 Å². The standard InChI is InChI=1S/C14H14N2O/c1-10-6-7-12(13-5-3-4-8-15-13)14(9-10)16-11(2)17/h3-9H,1-2H3,(H,16,17). The molecule has 1 heterocycles. The van der Waals surface area contributed by atoms with Crippen LogP contribution in [0, 0.1) is 6.92 Å². The van der Waals surface area contributed by atoms with Crippen LogP contribution in [0.5, 0.6) is 0 Å². The second-order valence-electron chi connectivity index (χ2n) is 3.95. The van der Waals surface area contributed by atoms with E-state index < -0.39 is 0 Å². The lowest BCUT2D eigenvalue weighted by atomic mass is 10.1. The Balaban J connectivity index is 2.50. The van der Waals surface area contributed by atoms with E-state index in [1.54, 1.807) is 6.20 Å². The number of nitrogens with zero attached hydrogens (tertiary/aromatic N) is 1. The molecule has 0 atom stereocenters. The summed E-state index contributed by atoms with van der Waals surface area (Å²) in [7, 11) is 0. The zero-order valence-electron chi connectivity index (χ0n) is 9.90. The van der Waals surface area contributed by atoms with Gasteiger partial charge in [0.2, 0.25) is 5.91 Å². The number of nitrogens with one attached hydrogen (secondary N) is 1. The molecule has 0 fully saturated rings. The van der Waals surface area contributed by atoms with Gasteiger partial charge in [-0.05, 0) is 30.7 Å². The highest BCUT2D eigenvalue weighted by atomic mass is 16.1. The summed E-state index contributed by atoms with van der Waals surface area (Å²) in [4.78, 5) is 15.5. The SMILES string of the molecule is CC(=O)Nc1cc(C)ccc1-c1ccccn1. The Bertz CT molecular complexity index is 535. The van der Waals surface area contributed by atoms with E-state index in [-0.39, 0.29) is 5.91 Å². The van der Waals surface area contributed by atoms with Crippen molar-refractivity contribution in [3.8, 4) is 11.3 Å². The highest BCUT2D eigenvalue weighted by molar-refractivity contribution is 5.93. The molecule has 1 amide bonds. The van der Waals surface area contributed by atoms with Gasteiger partial charge in [0.1, 0.15) is 0 Å². The maximum Gasteiger partial charge on any atom is 0.221 e. The molecule has 0 spiro atoms. The molecule has 0 aliphatic heterocycles. The molecule has 0 saturated carbocycles. The number of amides is 1. The smallest absolute Gasteiger partial charge is 0.221 e. The number of rotatable bonds is 2. The van der Waals surface area contributed by atoms with Crippen molar-refractivity contribution in [2.75, 3.05) is 5.32 Å². The van der Waals surface area contributed by atoms with Gasteiger partial charge in [0.15, 0.2) is 0 Å². The van der Waals surface area contributed by atoms with Crippen LogP contribution in [0.25, 0.3) is 11.3 Å². The molecular weight excluding hydrogens is 212 g/mol. The topological polar surface area (TPSA) is 42.0 Å². The first-order valence-electron chi connectivity index (χ1n) is 5.46. The lowest BCUT2D eigenvalue weighted by Gasteiger charge is -2.10. The molecule has 3 nitrogen and oxygen atoms in total. The van der Waals surface area contributed by atoms with Crippen molar-refractivity contribution < 1.29 is 4.79 Å². The molecule has 0 unspecified atom stereocenters. The first-order valence-corrected chi connectivity index (χ1v) is 5.46. The van der Waals surface area contributed by atoms with Gasteiger partial charge in [0.25, 0.3) is 0 Å².